The fourth-order valence-electron chi connectivity index (χ4n) is 1.72. The van der Waals surface area contributed by atoms with Crippen molar-refractivity contribution in [3.05, 3.63) is 35.5 Å². The highest BCUT2D eigenvalue weighted by atomic mass is 32.1. The number of carbonyl (C=O) groups is 2. The summed E-state index contributed by atoms with van der Waals surface area (Å²) in [5, 5.41) is 11.5. The van der Waals surface area contributed by atoms with Gasteiger partial charge in [0.15, 0.2) is 5.11 Å². The van der Waals surface area contributed by atoms with Crippen LogP contribution >= 0.6 is 12.2 Å². The minimum absolute atomic E-state index is 0.0946. The van der Waals surface area contributed by atoms with Crippen LogP contribution in [0.15, 0.2) is 30.0 Å². The second kappa shape index (κ2) is 5.70. The number of hydrogen-bond acceptors (Lipinski definition) is 4. The van der Waals surface area contributed by atoms with Gasteiger partial charge in [0.2, 0.25) is 0 Å². The van der Waals surface area contributed by atoms with Crippen LogP contribution in [0, 0.1) is 0 Å². The number of methoxy groups -OCH3 is 1. The monoisotopic (exact) mass is 292 g/mol. The maximum Gasteiger partial charge on any atom is 0.323 e. The maximum absolute atomic E-state index is 12.0. The summed E-state index contributed by atoms with van der Waals surface area (Å²) in [5.74, 6) is -0.859. The first kappa shape index (κ1) is 14.0. The van der Waals surface area contributed by atoms with E-state index in [1.807, 2.05) is 0 Å². The van der Waals surface area contributed by atoms with E-state index in [1.54, 1.807) is 37.5 Å². The number of benzene rings is 1. The van der Waals surface area contributed by atoms with Gasteiger partial charge in [-0.05, 0) is 36.0 Å². The third-order valence-electron chi connectivity index (χ3n) is 2.68. The van der Waals surface area contributed by atoms with E-state index in [9.17, 15) is 9.59 Å². The first-order valence-corrected chi connectivity index (χ1v) is 6.12. The Labute approximate surface area is 120 Å². The summed E-state index contributed by atoms with van der Waals surface area (Å²) in [6.07, 6.45) is 1.61. The smallest absolute Gasteiger partial charge is 0.323 e. The van der Waals surface area contributed by atoms with E-state index in [1.165, 1.54) is 0 Å². The molecule has 0 radical (unpaired) electrons. The quantitative estimate of drug-likeness (QED) is 0.632. The molecule has 2 rings (SSSR count). The molecule has 1 saturated heterocycles. The maximum atomic E-state index is 12.0. The Kier molecular flexibility index (Phi) is 3.99. The van der Waals surface area contributed by atoms with Gasteiger partial charge in [0.25, 0.3) is 5.91 Å². The molecular weight excluding hydrogens is 280 g/mol. The summed E-state index contributed by atoms with van der Waals surface area (Å²) in [7, 11) is 1.57. The molecule has 1 aliphatic heterocycles. The Morgan fingerprint density at radius 3 is 2.65 bits per heavy atom. The second-order valence-corrected chi connectivity index (χ2v) is 4.43. The van der Waals surface area contributed by atoms with Gasteiger partial charge < -0.3 is 15.2 Å². The molecule has 2 N–H and O–H groups in total. The molecule has 0 spiro atoms. The third kappa shape index (κ3) is 2.94. The van der Waals surface area contributed by atoms with Crippen molar-refractivity contribution in [2.24, 2.45) is 0 Å². The van der Waals surface area contributed by atoms with Gasteiger partial charge in [0.05, 0.1) is 7.11 Å². The van der Waals surface area contributed by atoms with Crippen molar-refractivity contribution in [3.8, 4) is 5.75 Å². The molecule has 1 aromatic carbocycles. The van der Waals surface area contributed by atoms with E-state index >= 15 is 0 Å². The highest BCUT2D eigenvalue weighted by molar-refractivity contribution is 7.80. The molecule has 1 amide bonds. The van der Waals surface area contributed by atoms with Crippen molar-refractivity contribution in [2.75, 3.05) is 13.7 Å². The zero-order chi connectivity index (χ0) is 14.7. The predicted octanol–water partition coefficient (Wildman–Crippen LogP) is 0.837. The molecule has 20 heavy (non-hydrogen) atoms. The Balaban J connectivity index is 2.20. The fraction of sp³-hybridized carbons (Fsp3) is 0.154. The molecule has 0 bridgehead atoms. The van der Waals surface area contributed by atoms with Crippen LogP contribution < -0.4 is 10.1 Å². The Hall–Kier alpha value is -2.41. The lowest BCUT2D eigenvalue weighted by Gasteiger charge is -2.09. The number of aliphatic carboxylic acids is 1. The first-order chi connectivity index (χ1) is 9.51. The van der Waals surface area contributed by atoms with Gasteiger partial charge in [0.1, 0.15) is 18.0 Å². The minimum Gasteiger partial charge on any atom is -0.497 e. The molecule has 1 heterocycles. The minimum atomic E-state index is -1.12. The lowest BCUT2D eigenvalue weighted by atomic mass is 10.2. The predicted molar refractivity (Wildman–Crippen MR) is 76.1 cm³/mol. The van der Waals surface area contributed by atoms with Crippen molar-refractivity contribution in [3.63, 3.8) is 0 Å². The Bertz CT molecular complexity index is 595. The molecule has 0 aromatic heterocycles. The number of nitrogens with zero attached hydrogens (tertiary/aromatic N) is 1. The van der Waals surface area contributed by atoms with E-state index in [0.29, 0.717) is 5.75 Å². The standard InChI is InChI=1S/C13H12N2O4S/c1-19-9-4-2-8(3-5-9)6-10-12(18)15(7-11(16)17)13(20)14-10/h2-6H,7H2,1H3,(H,14,20)(H,16,17)/b10-6-. The van der Waals surface area contributed by atoms with Crippen molar-refractivity contribution in [1.29, 1.82) is 0 Å². The number of thiocarbonyl (C=S) groups is 1. The lowest BCUT2D eigenvalue weighted by molar-refractivity contribution is -0.140. The molecule has 0 unspecified atom stereocenters. The number of amides is 1. The van der Waals surface area contributed by atoms with Crippen LogP contribution in [0.1, 0.15) is 5.56 Å². The van der Waals surface area contributed by atoms with Gasteiger partial charge in [-0.15, -0.1) is 0 Å². The highest BCUT2D eigenvalue weighted by Gasteiger charge is 2.31. The number of ether oxygens (including phenoxy) is 1. The van der Waals surface area contributed by atoms with Crippen LogP contribution in [-0.4, -0.2) is 40.6 Å². The summed E-state index contributed by atoms with van der Waals surface area (Å²) >= 11 is 4.94. The van der Waals surface area contributed by atoms with Crippen molar-refractivity contribution < 1.29 is 19.4 Å². The van der Waals surface area contributed by atoms with Crippen molar-refractivity contribution in [1.82, 2.24) is 10.2 Å². The van der Waals surface area contributed by atoms with Gasteiger partial charge in [-0.3, -0.25) is 14.5 Å². The molecule has 104 valence electrons. The molecule has 7 heteroatoms. The number of nitrogens with one attached hydrogen (secondary N) is 1. The molecule has 0 saturated carbocycles. The molecule has 1 aromatic rings. The summed E-state index contributed by atoms with van der Waals surface area (Å²) in [5.41, 5.74) is 1.03. The van der Waals surface area contributed by atoms with Crippen LogP contribution in [0.25, 0.3) is 6.08 Å². The van der Waals surface area contributed by atoms with Crippen LogP contribution in [0.5, 0.6) is 5.75 Å². The van der Waals surface area contributed by atoms with E-state index in [0.717, 1.165) is 10.5 Å². The van der Waals surface area contributed by atoms with E-state index in [2.05, 4.69) is 5.32 Å². The number of rotatable bonds is 4. The van der Waals surface area contributed by atoms with E-state index < -0.39 is 18.4 Å². The topological polar surface area (TPSA) is 78.9 Å². The van der Waals surface area contributed by atoms with Gasteiger partial charge in [-0.25, -0.2) is 0 Å². The summed E-state index contributed by atoms with van der Waals surface area (Å²) < 4.78 is 5.04. The zero-order valence-corrected chi connectivity index (χ0v) is 11.4. The van der Waals surface area contributed by atoms with Gasteiger partial charge in [-0.2, -0.15) is 0 Å². The second-order valence-electron chi connectivity index (χ2n) is 4.05. The molecule has 0 atom stereocenters. The molecule has 1 aliphatic rings. The van der Waals surface area contributed by atoms with E-state index in [-0.39, 0.29) is 10.8 Å². The van der Waals surface area contributed by atoms with Crippen LogP contribution in [0.4, 0.5) is 0 Å². The Morgan fingerprint density at radius 1 is 1.45 bits per heavy atom. The van der Waals surface area contributed by atoms with Gasteiger partial charge in [-0.1, -0.05) is 12.1 Å². The largest absolute Gasteiger partial charge is 0.497 e. The summed E-state index contributed by atoms with van der Waals surface area (Å²) in [6.45, 7) is -0.454. The average Bonchev–Trinajstić information content (AvgIpc) is 2.67. The van der Waals surface area contributed by atoms with Crippen molar-refractivity contribution in [2.45, 2.75) is 0 Å². The van der Waals surface area contributed by atoms with Crippen LogP contribution in [0.3, 0.4) is 0 Å². The first-order valence-electron chi connectivity index (χ1n) is 5.71. The number of carboxylic acids is 1. The van der Waals surface area contributed by atoms with Crippen LogP contribution in [0.2, 0.25) is 0 Å². The van der Waals surface area contributed by atoms with Crippen LogP contribution in [-0.2, 0) is 9.59 Å². The summed E-state index contributed by atoms with van der Waals surface area (Å²) in [4.78, 5) is 23.7. The number of carboxylic acid groups (broad SMARTS) is 1. The number of carbonyl (C=O) groups excluding carboxylic acids is 1. The highest BCUT2D eigenvalue weighted by Crippen LogP contribution is 2.16. The molecular formula is C13H12N2O4S. The Morgan fingerprint density at radius 2 is 2.10 bits per heavy atom. The van der Waals surface area contributed by atoms with E-state index in [4.69, 9.17) is 22.1 Å². The van der Waals surface area contributed by atoms with Gasteiger partial charge >= 0.3 is 5.97 Å². The number of hydrogen-bond donors (Lipinski definition) is 2. The molecule has 1 fully saturated rings. The molecule has 6 nitrogen and oxygen atoms in total. The van der Waals surface area contributed by atoms with Crippen molar-refractivity contribution >= 4 is 35.3 Å². The zero-order valence-electron chi connectivity index (χ0n) is 10.6. The fourth-order valence-corrected chi connectivity index (χ4v) is 1.97. The lowest BCUT2D eigenvalue weighted by Crippen LogP contribution is -2.35. The normalized spacial score (nSPS) is 16.4. The summed E-state index contributed by atoms with van der Waals surface area (Å²) in [6, 6.07) is 7.09. The average molecular weight is 292 g/mol. The van der Waals surface area contributed by atoms with Gasteiger partial charge in [0, 0.05) is 0 Å². The molecule has 0 aliphatic carbocycles. The third-order valence-corrected chi connectivity index (χ3v) is 3.00. The SMILES string of the molecule is COc1ccc(/C=C2\NC(=S)N(CC(=O)O)C2=O)cc1.